The third kappa shape index (κ3) is 4.40. The average molecular weight is 633 g/mol. The molecular formula is C45H36N4. The van der Waals surface area contributed by atoms with Crippen LogP contribution in [0.3, 0.4) is 0 Å². The van der Waals surface area contributed by atoms with Gasteiger partial charge in [-0.3, -0.25) is 0 Å². The lowest BCUT2D eigenvalue weighted by Gasteiger charge is -2.48. The summed E-state index contributed by atoms with van der Waals surface area (Å²) in [7, 11) is 0. The van der Waals surface area contributed by atoms with E-state index in [1.165, 1.54) is 44.1 Å². The van der Waals surface area contributed by atoms with Crippen molar-refractivity contribution in [3.05, 3.63) is 157 Å². The number of hydrogen-bond acceptors (Lipinski definition) is 3. The van der Waals surface area contributed by atoms with Crippen molar-refractivity contribution in [1.29, 1.82) is 0 Å². The van der Waals surface area contributed by atoms with Crippen molar-refractivity contribution in [3.63, 3.8) is 0 Å². The number of hydrogen-bond donors (Lipinski definition) is 0. The molecule has 1 aliphatic carbocycles. The van der Waals surface area contributed by atoms with Gasteiger partial charge in [0.2, 0.25) is 0 Å². The fourth-order valence-corrected chi connectivity index (χ4v) is 7.82. The van der Waals surface area contributed by atoms with E-state index in [1.807, 2.05) is 60.7 Å². The molecule has 0 saturated carbocycles. The number of rotatable bonds is 4. The Morgan fingerprint density at radius 3 is 1.59 bits per heavy atom. The summed E-state index contributed by atoms with van der Waals surface area (Å²) in [6, 6.07) is 51.3. The van der Waals surface area contributed by atoms with Crippen molar-refractivity contribution in [2.24, 2.45) is 0 Å². The lowest BCUT2D eigenvalue weighted by Crippen LogP contribution is -2.43. The summed E-state index contributed by atoms with van der Waals surface area (Å²) in [5.41, 5.74) is 11.7. The Kier molecular flexibility index (Phi) is 6.47. The van der Waals surface area contributed by atoms with Gasteiger partial charge in [-0.1, -0.05) is 137 Å². The second-order valence-electron chi connectivity index (χ2n) is 14.1. The van der Waals surface area contributed by atoms with Crippen LogP contribution in [0, 0.1) is 0 Å². The minimum Gasteiger partial charge on any atom is -0.309 e. The van der Waals surface area contributed by atoms with Crippen LogP contribution in [0.25, 0.3) is 72.8 Å². The fourth-order valence-electron chi connectivity index (χ4n) is 7.82. The van der Waals surface area contributed by atoms with E-state index in [2.05, 4.69) is 117 Å². The first-order valence-corrected chi connectivity index (χ1v) is 17.0. The van der Waals surface area contributed by atoms with Gasteiger partial charge in [0.1, 0.15) is 0 Å². The van der Waals surface area contributed by atoms with Crippen molar-refractivity contribution in [2.45, 2.75) is 38.5 Å². The molecule has 0 saturated heterocycles. The summed E-state index contributed by atoms with van der Waals surface area (Å²) < 4.78 is 2.41. The lowest BCUT2D eigenvalue weighted by atomic mass is 9.55. The molecule has 0 spiro atoms. The third-order valence-corrected chi connectivity index (χ3v) is 11.0. The second-order valence-corrected chi connectivity index (χ2v) is 14.1. The van der Waals surface area contributed by atoms with Crippen molar-refractivity contribution < 1.29 is 0 Å². The summed E-state index contributed by atoms with van der Waals surface area (Å²) in [5.74, 6) is 1.97. The van der Waals surface area contributed by atoms with Gasteiger partial charge >= 0.3 is 0 Å². The van der Waals surface area contributed by atoms with E-state index >= 15 is 0 Å². The van der Waals surface area contributed by atoms with Gasteiger partial charge in [-0.15, -0.1) is 0 Å². The Morgan fingerprint density at radius 2 is 0.959 bits per heavy atom. The molecule has 0 N–H and O–H groups in total. The maximum Gasteiger partial charge on any atom is 0.164 e. The van der Waals surface area contributed by atoms with Gasteiger partial charge in [0.15, 0.2) is 17.5 Å². The zero-order valence-corrected chi connectivity index (χ0v) is 28.1. The normalized spacial score (nSPS) is 14.4. The van der Waals surface area contributed by atoms with E-state index in [9.17, 15) is 0 Å². The molecule has 236 valence electrons. The molecule has 0 aliphatic heterocycles. The van der Waals surface area contributed by atoms with Gasteiger partial charge in [0.25, 0.3) is 0 Å². The zero-order chi connectivity index (χ0) is 33.3. The van der Waals surface area contributed by atoms with Gasteiger partial charge in [0, 0.05) is 38.6 Å². The molecule has 4 nitrogen and oxygen atoms in total. The number of para-hydroxylation sites is 1. The van der Waals surface area contributed by atoms with Crippen LogP contribution < -0.4 is 0 Å². The monoisotopic (exact) mass is 632 g/mol. The van der Waals surface area contributed by atoms with E-state index in [0.29, 0.717) is 17.5 Å². The largest absolute Gasteiger partial charge is 0.309 e. The van der Waals surface area contributed by atoms with Gasteiger partial charge in [-0.05, 0) is 64.1 Å². The molecule has 49 heavy (non-hydrogen) atoms. The molecule has 4 heteroatoms. The highest BCUT2D eigenvalue weighted by Gasteiger charge is 2.47. The van der Waals surface area contributed by atoms with Crippen LogP contribution in [0.5, 0.6) is 0 Å². The maximum atomic E-state index is 4.96. The van der Waals surface area contributed by atoms with E-state index in [4.69, 9.17) is 15.0 Å². The summed E-state index contributed by atoms with van der Waals surface area (Å²) in [6.07, 6.45) is 0. The van der Waals surface area contributed by atoms with E-state index in [-0.39, 0.29) is 10.8 Å². The predicted molar refractivity (Wildman–Crippen MR) is 202 cm³/mol. The van der Waals surface area contributed by atoms with Crippen LogP contribution in [0.2, 0.25) is 0 Å². The Morgan fingerprint density at radius 1 is 0.429 bits per heavy atom. The second kappa shape index (κ2) is 10.8. The van der Waals surface area contributed by atoms with E-state index < -0.39 is 0 Å². The first kappa shape index (κ1) is 29.3. The molecule has 9 rings (SSSR count). The molecule has 0 amide bonds. The van der Waals surface area contributed by atoms with Gasteiger partial charge in [0.05, 0.1) is 11.0 Å². The number of fused-ring (bicyclic) bond motifs is 7. The highest BCUT2D eigenvalue weighted by Crippen LogP contribution is 2.56. The van der Waals surface area contributed by atoms with Crippen molar-refractivity contribution in [2.75, 3.05) is 0 Å². The third-order valence-electron chi connectivity index (χ3n) is 11.0. The fraction of sp³-hybridized carbons (Fsp3) is 0.133. The van der Waals surface area contributed by atoms with Crippen LogP contribution >= 0.6 is 0 Å². The van der Waals surface area contributed by atoms with E-state index in [1.54, 1.807) is 0 Å². The van der Waals surface area contributed by atoms with E-state index in [0.717, 1.165) is 22.4 Å². The van der Waals surface area contributed by atoms with Crippen LogP contribution in [0.1, 0.15) is 38.8 Å². The molecule has 0 bridgehead atoms. The Bertz CT molecular complexity index is 2470. The molecule has 0 unspecified atom stereocenters. The van der Waals surface area contributed by atoms with Crippen LogP contribution in [0.15, 0.2) is 146 Å². The van der Waals surface area contributed by atoms with Gasteiger partial charge in [-0.25, -0.2) is 15.0 Å². The smallest absolute Gasteiger partial charge is 0.164 e. The Balaban J connectivity index is 1.23. The number of nitrogens with zero attached hydrogens (tertiary/aromatic N) is 4. The summed E-state index contributed by atoms with van der Waals surface area (Å²) >= 11 is 0. The van der Waals surface area contributed by atoms with Crippen molar-refractivity contribution in [3.8, 4) is 51.0 Å². The first-order valence-electron chi connectivity index (χ1n) is 17.0. The lowest BCUT2D eigenvalue weighted by molar-refractivity contribution is 0.301. The van der Waals surface area contributed by atoms with Crippen LogP contribution in [0.4, 0.5) is 0 Å². The topological polar surface area (TPSA) is 43.6 Å². The minimum absolute atomic E-state index is 0.0581. The standard InChI is InChI=1S/C45H36N4/c1-44(2)36-21-13-11-19-33(36)34-27-28-38-39(40(34)45(44,3)4)35-20-12-14-22-37(35)49(38)32-25-23-31(24-26-32)43-47-41(29-15-7-5-8-16-29)46-42(48-43)30-17-9-6-10-18-30/h5-28H,1-4H3. The molecule has 6 aromatic carbocycles. The van der Waals surface area contributed by atoms with Crippen molar-refractivity contribution >= 4 is 21.8 Å². The average Bonchev–Trinajstić information content (AvgIpc) is 3.49. The summed E-state index contributed by atoms with van der Waals surface area (Å²) in [5, 5.41) is 2.61. The Hall–Kier alpha value is -5.87. The number of benzene rings is 6. The first-order chi connectivity index (χ1) is 23.8. The molecule has 0 radical (unpaired) electrons. The predicted octanol–water partition coefficient (Wildman–Crippen LogP) is 11.2. The summed E-state index contributed by atoms with van der Waals surface area (Å²) in [6.45, 7) is 9.65. The zero-order valence-electron chi connectivity index (χ0n) is 28.1. The molecule has 0 fully saturated rings. The highest BCUT2D eigenvalue weighted by atomic mass is 15.0. The van der Waals surface area contributed by atoms with Crippen molar-refractivity contribution in [1.82, 2.24) is 19.5 Å². The minimum atomic E-state index is -0.111. The quantitative estimate of drug-likeness (QED) is 0.194. The SMILES string of the molecule is CC1(C)c2ccccc2-c2ccc3c(c2C1(C)C)c1ccccc1n3-c1ccc(-c2nc(-c3ccccc3)nc(-c3ccccc3)n2)cc1. The number of aromatic nitrogens is 4. The van der Waals surface area contributed by atoms with Gasteiger partial charge < -0.3 is 4.57 Å². The molecule has 1 aliphatic rings. The molecule has 2 aromatic heterocycles. The maximum absolute atomic E-state index is 4.96. The summed E-state index contributed by atoms with van der Waals surface area (Å²) in [4.78, 5) is 14.8. The molecule has 0 atom stereocenters. The van der Waals surface area contributed by atoms with Crippen LogP contribution in [-0.2, 0) is 10.8 Å². The van der Waals surface area contributed by atoms with Gasteiger partial charge in [-0.2, -0.15) is 0 Å². The molecule has 2 heterocycles. The highest BCUT2D eigenvalue weighted by molar-refractivity contribution is 6.13. The molecule has 8 aromatic rings. The Labute approximate surface area is 286 Å². The van der Waals surface area contributed by atoms with Crippen LogP contribution in [-0.4, -0.2) is 19.5 Å². The molecular weight excluding hydrogens is 597 g/mol.